The Morgan fingerprint density at radius 3 is 2.50 bits per heavy atom. The predicted octanol–water partition coefficient (Wildman–Crippen LogP) is 1.14. The summed E-state index contributed by atoms with van der Waals surface area (Å²) < 4.78 is 4.68. The lowest BCUT2D eigenvalue weighted by atomic mass is 10.1. The number of carboxylic acids is 1. The number of ketones is 1. The van der Waals surface area contributed by atoms with Gasteiger partial charge in [0.25, 0.3) is 0 Å². The van der Waals surface area contributed by atoms with Crippen molar-refractivity contribution in [2.24, 2.45) is 0 Å². The largest absolute Gasteiger partial charge is 0.481 e. The monoisotopic (exact) mass is 330 g/mol. The van der Waals surface area contributed by atoms with Gasteiger partial charge in [0.1, 0.15) is 6.10 Å². The van der Waals surface area contributed by atoms with Crippen LogP contribution in [0.2, 0.25) is 0 Å². The highest BCUT2D eigenvalue weighted by Gasteiger charge is 2.24. The third-order valence-corrected chi connectivity index (χ3v) is 4.00. The van der Waals surface area contributed by atoms with Crippen molar-refractivity contribution in [3.8, 4) is 0 Å². The van der Waals surface area contributed by atoms with Crippen molar-refractivity contribution >= 4 is 29.1 Å². The van der Waals surface area contributed by atoms with Crippen molar-refractivity contribution in [2.45, 2.75) is 38.4 Å². The Kier molecular flexibility index (Phi) is 7.16. The molecule has 0 aliphatic heterocycles. The molecular formula is C14H18O7S. The smallest absolute Gasteiger partial charge is 0.308 e. The summed E-state index contributed by atoms with van der Waals surface area (Å²) in [6, 6.07) is 2.93. The molecule has 2 atom stereocenters. The van der Waals surface area contributed by atoms with Gasteiger partial charge in [0.15, 0.2) is 5.78 Å². The highest BCUT2D eigenvalue weighted by molar-refractivity contribution is 7.14. The van der Waals surface area contributed by atoms with E-state index in [1.54, 1.807) is 6.92 Å². The zero-order valence-corrected chi connectivity index (χ0v) is 12.8. The molecule has 3 N–H and O–H groups in total. The van der Waals surface area contributed by atoms with E-state index in [1.807, 2.05) is 0 Å². The molecule has 0 aliphatic carbocycles. The number of hydrogen-bond acceptors (Lipinski definition) is 7. The predicted molar refractivity (Wildman–Crippen MR) is 77.7 cm³/mol. The van der Waals surface area contributed by atoms with E-state index in [0.717, 1.165) is 11.3 Å². The Balaban J connectivity index is 2.64. The molecule has 122 valence electrons. The number of rotatable bonds is 9. The maximum Gasteiger partial charge on any atom is 0.308 e. The van der Waals surface area contributed by atoms with Gasteiger partial charge in [0.2, 0.25) is 0 Å². The normalized spacial score (nSPS) is 13.4. The van der Waals surface area contributed by atoms with Crippen LogP contribution in [0.25, 0.3) is 0 Å². The van der Waals surface area contributed by atoms with E-state index in [4.69, 9.17) is 5.11 Å². The van der Waals surface area contributed by atoms with Gasteiger partial charge in [0.05, 0.1) is 30.4 Å². The van der Waals surface area contributed by atoms with Crippen LogP contribution in [-0.4, -0.2) is 45.8 Å². The lowest BCUT2D eigenvalue weighted by molar-refractivity contribution is -0.147. The molecule has 8 heteroatoms. The van der Waals surface area contributed by atoms with Crippen molar-refractivity contribution in [1.82, 2.24) is 0 Å². The van der Waals surface area contributed by atoms with Crippen LogP contribution in [-0.2, 0) is 14.3 Å². The molecule has 1 aromatic rings. The van der Waals surface area contributed by atoms with Gasteiger partial charge < -0.3 is 20.1 Å². The van der Waals surface area contributed by atoms with Crippen molar-refractivity contribution in [3.05, 3.63) is 21.9 Å². The Bertz CT molecular complexity index is 537. The van der Waals surface area contributed by atoms with E-state index in [-0.39, 0.29) is 31.7 Å². The molecule has 7 nitrogen and oxygen atoms in total. The summed E-state index contributed by atoms with van der Waals surface area (Å²) in [5.74, 6) is -2.02. The lowest BCUT2D eigenvalue weighted by Gasteiger charge is -2.15. The molecule has 1 rings (SSSR count). The molecular weight excluding hydrogens is 312 g/mol. The maximum absolute atomic E-state index is 11.7. The molecule has 1 aromatic heterocycles. The second kappa shape index (κ2) is 8.62. The molecule has 22 heavy (non-hydrogen) atoms. The van der Waals surface area contributed by atoms with Crippen molar-refractivity contribution < 1.29 is 34.4 Å². The molecule has 0 bridgehead atoms. The average molecular weight is 330 g/mol. The fraction of sp³-hybridized carbons (Fsp3) is 0.500. The summed E-state index contributed by atoms with van der Waals surface area (Å²) in [6.45, 7) is 1.82. The van der Waals surface area contributed by atoms with Crippen LogP contribution in [0.5, 0.6) is 0 Å². The summed E-state index contributed by atoms with van der Waals surface area (Å²) in [4.78, 5) is 34.1. The van der Waals surface area contributed by atoms with Crippen LogP contribution in [0.4, 0.5) is 0 Å². The number of esters is 1. The second-order valence-electron chi connectivity index (χ2n) is 4.54. The van der Waals surface area contributed by atoms with Gasteiger partial charge in [-0.25, -0.2) is 0 Å². The van der Waals surface area contributed by atoms with Gasteiger partial charge in [-0.3, -0.25) is 14.4 Å². The third kappa shape index (κ3) is 5.55. The highest BCUT2D eigenvalue weighted by atomic mass is 32.1. The number of ether oxygens (including phenoxy) is 1. The summed E-state index contributed by atoms with van der Waals surface area (Å²) >= 11 is 0.965. The summed E-state index contributed by atoms with van der Waals surface area (Å²) in [7, 11) is 0. The zero-order chi connectivity index (χ0) is 16.7. The van der Waals surface area contributed by atoms with E-state index in [1.165, 1.54) is 12.1 Å². The first-order valence-electron chi connectivity index (χ1n) is 6.71. The molecule has 0 saturated carbocycles. The number of carboxylic acid groups (broad SMARTS) is 1. The standard InChI is InChI=1S/C14H18O7S/c1-2-21-13(19)7-9(16)14(20)11-5-4-10(22-11)8(15)3-6-12(17)18/h4-5,9,14,16,20H,2-3,6-7H2,1H3,(H,17,18). The molecule has 0 spiro atoms. The molecule has 1 heterocycles. The summed E-state index contributed by atoms with van der Waals surface area (Å²) in [6.07, 6.45) is -3.39. The van der Waals surface area contributed by atoms with Crippen LogP contribution in [0.3, 0.4) is 0 Å². The van der Waals surface area contributed by atoms with Crippen LogP contribution in [0, 0.1) is 0 Å². The van der Waals surface area contributed by atoms with Crippen LogP contribution in [0.15, 0.2) is 12.1 Å². The molecule has 0 aromatic carbocycles. The van der Waals surface area contributed by atoms with Gasteiger partial charge >= 0.3 is 11.9 Å². The number of aliphatic hydroxyl groups is 2. The molecule has 0 fully saturated rings. The first-order valence-corrected chi connectivity index (χ1v) is 7.53. The van der Waals surface area contributed by atoms with E-state index in [0.29, 0.717) is 9.75 Å². The van der Waals surface area contributed by atoms with Gasteiger partial charge in [-0.1, -0.05) is 0 Å². The Morgan fingerprint density at radius 2 is 1.91 bits per heavy atom. The number of Topliss-reactive ketones (excluding diaryl/α,β-unsaturated/α-hetero) is 1. The van der Waals surface area contributed by atoms with Crippen LogP contribution in [0.1, 0.15) is 46.8 Å². The lowest BCUT2D eigenvalue weighted by Crippen LogP contribution is -2.22. The number of carbonyl (C=O) groups is 3. The molecule has 2 unspecified atom stereocenters. The Morgan fingerprint density at radius 1 is 1.23 bits per heavy atom. The zero-order valence-electron chi connectivity index (χ0n) is 12.0. The van der Waals surface area contributed by atoms with Crippen molar-refractivity contribution in [2.75, 3.05) is 6.61 Å². The van der Waals surface area contributed by atoms with Crippen molar-refractivity contribution in [1.29, 1.82) is 0 Å². The molecule has 0 saturated heterocycles. The number of hydrogen-bond donors (Lipinski definition) is 3. The number of carbonyl (C=O) groups excluding carboxylic acids is 2. The molecule has 0 aliphatic rings. The first kappa shape index (κ1) is 18.3. The molecule has 0 radical (unpaired) electrons. The minimum atomic E-state index is -1.33. The second-order valence-corrected chi connectivity index (χ2v) is 5.66. The SMILES string of the molecule is CCOC(=O)CC(O)C(O)c1ccc(C(=O)CCC(=O)O)s1. The Hall–Kier alpha value is -1.77. The van der Waals surface area contributed by atoms with Gasteiger partial charge in [0, 0.05) is 11.3 Å². The summed E-state index contributed by atoms with van der Waals surface area (Å²) in [5, 5.41) is 28.3. The minimum absolute atomic E-state index is 0.128. The van der Waals surface area contributed by atoms with Gasteiger partial charge in [-0.05, 0) is 19.1 Å². The van der Waals surface area contributed by atoms with Crippen LogP contribution < -0.4 is 0 Å². The Labute approximate surface area is 131 Å². The molecule has 0 amide bonds. The first-order chi connectivity index (χ1) is 10.3. The van der Waals surface area contributed by atoms with E-state index in [9.17, 15) is 24.6 Å². The van der Waals surface area contributed by atoms with Crippen molar-refractivity contribution in [3.63, 3.8) is 0 Å². The van der Waals surface area contributed by atoms with E-state index >= 15 is 0 Å². The fourth-order valence-electron chi connectivity index (χ4n) is 1.70. The topological polar surface area (TPSA) is 121 Å². The summed E-state index contributed by atoms with van der Waals surface area (Å²) in [5.41, 5.74) is 0. The van der Waals surface area contributed by atoms with Crippen LogP contribution >= 0.6 is 11.3 Å². The number of aliphatic hydroxyl groups excluding tert-OH is 2. The average Bonchev–Trinajstić information content (AvgIpc) is 2.93. The maximum atomic E-state index is 11.7. The van der Waals surface area contributed by atoms with E-state index in [2.05, 4.69) is 4.74 Å². The number of thiophene rings is 1. The van der Waals surface area contributed by atoms with Gasteiger partial charge in [-0.15, -0.1) is 11.3 Å². The minimum Gasteiger partial charge on any atom is -0.481 e. The quantitative estimate of drug-likeness (QED) is 0.458. The highest BCUT2D eigenvalue weighted by Crippen LogP contribution is 2.28. The third-order valence-electron chi connectivity index (χ3n) is 2.80. The number of aliphatic carboxylic acids is 1. The fourth-order valence-corrected chi connectivity index (χ4v) is 2.72. The van der Waals surface area contributed by atoms with E-state index < -0.39 is 24.1 Å². The van der Waals surface area contributed by atoms with Gasteiger partial charge in [-0.2, -0.15) is 0 Å².